The average Bonchev–Trinajstić information content (AvgIpc) is 2.33. The number of hydrogen-bond donors (Lipinski definition) is 1. The van der Waals surface area contributed by atoms with Crippen LogP contribution in [0.2, 0.25) is 4.34 Å². The minimum Gasteiger partial charge on any atom is -0.385 e. The molecule has 1 heterocycles. The van der Waals surface area contributed by atoms with Gasteiger partial charge in [0.25, 0.3) is 0 Å². The maximum atomic E-state index is 12.3. The van der Waals surface area contributed by atoms with Crippen LogP contribution in [-0.4, -0.2) is 16.6 Å². The molecule has 0 saturated carbocycles. The van der Waals surface area contributed by atoms with E-state index in [2.05, 4.69) is 11.6 Å². The number of halogens is 4. The Bertz CT molecular complexity index is 284. The van der Waals surface area contributed by atoms with Crippen LogP contribution in [0.25, 0.3) is 0 Å². The Morgan fingerprint density at radius 2 is 2.15 bits per heavy atom. The third-order valence-corrected chi connectivity index (χ3v) is 2.91. The first-order chi connectivity index (χ1) is 5.89. The van der Waals surface area contributed by atoms with Crippen LogP contribution in [0.4, 0.5) is 8.78 Å². The van der Waals surface area contributed by atoms with Gasteiger partial charge >= 0.3 is 5.38 Å². The molecule has 0 aliphatic heterocycles. The lowest BCUT2D eigenvalue weighted by Crippen LogP contribution is -2.29. The molecule has 0 radical (unpaired) electrons. The van der Waals surface area contributed by atoms with Crippen molar-refractivity contribution in [3.05, 3.63) is 21.3 Å². The van der Waals surface area contributed by atoms with E-state index in [0.717, 1.165) is 11.3 Å². The van der Waals surface area contributed by atoms with E-state index in [9.17, 15) is 8.78 Å². The van der Waals surface area contributed by atoms with Gasteiger partial charge in [0.15, 0.2) is 0 Å². The average molecular weight is 247 g/mol. The van der Waals surface area contributed by atoms with Gasteiger partial charge in [-0.05, 0) is 23.7 Å². The largest absolute Gasteiger partial charge is 0.385 e. The third-order valence-electron chi connectivity index (χ3n) is 1.40. The van der Waals surface area contributed by atoms with E-state index in [1.54, 1.807) is 12.1 Å². The highest BCUT2D eigenvalue weighted by atomic mass is 35.5. The molecule has 0 aliphatic rings. The number of alkyl halides is 3. The van der Waals surface area contributed by atoms with Gasteiger partial charge in [0.1, 0.15) is 6.10 Å². The van der Waals surface area contributed by atoms with Gasteiger partial charge in [-0.15, -0.1) is 11.3 Å². The fraction of sp³-hybridized carbons (Fsp3) is 0.429. The molecule has 1 nitrogen and oxygen atoms in total. The third kappa shape index (κ3) is 3.38. The Kier molecular flexibility index (Phi) is 3.51. The van der Waals surface area contributed by atoms with Gasteiger partial charge in [0.05, 0.1) is 4.34 Å². The SMILES string of the molecule is OC(Cc1ccc(Cl)s1)C(F)(F)Cl. The van der Waals surface area contributed by atoms with Crippen molar-refractivity contribution in [3.8, 4) is 0 Å². The van der Waals surface area contributed by atoms with Crippen LogP contribution < -0.4 is 0 Å². The van der Waals surface area contributed by atoms with Crippen molar-refractivity contribution in [2.75, 3.05) is 0 Å². The molecule has 0 fully saturated rings. The van der Waals surface area contributed by atoms with Crippen LogP contribution >= 0.6 is 34.5 Å². The van der Waals surface area contributed by atoms with E-state index >= 15 is 0 Å². The molecule has 13 heavy (non-hydrogen) atoms. The molecule has 0 saturated heterocycles. The van der Waals surface area contributed by atoms with Gasteiger partial charge in [-0.2, -0.15) is 8.78 Å². The topological polar surface area (TPSA) is 20.2 Å². The van der Waals surface area contributed by atoms with E-state index in [1.807, 2.05) is 0 Å². The number of thiophene rings is 1. The molecule has 1 atom stereocenters. The second-order valence-corrected chi connectivity index (χ2v) is 4.77. The molecule has 1 aromatic rings. The highest BCUT2D eigenvalue weighted by molar-refractivity contribution is 7.16. The van der Waals surface area contributed by atoms with Crippen molar-refractivity contribution in [2.24, 2.45) is 0 Å². The summed E-state index contributed by atoms with van der Waals surface area (Å²) in [7, 11) is 0. The minimum atomic E-state index is -3.59. The van der Waals surface area contributed by atoms with Crippen molar-refractivity contribution < 1.29 is 13.9 Å². The predicted octanol–water partition coefficient (Wildman–Crippen LogP) is 3.14. The molecule has 0 spiro atoms. The molecule has 0 bridgehead atoms. The lowest BCUT2D eigenvalue weighted by molar-refractivity contribution is -0.0393. The summed E-state index contributed by atoms with van der Waals surface area (Å²) >= 11 is 11.3. The molecule has 1 rings (SSSR count). The summed E-state index contributed by atoms with van der Waals surface area (Å²) in [6.45, 7) is 0. The van der Waals surface area contributed by atoms with Crippen LogP contribution in [-0.2, 0) is 6.42 Å². The first-order valence-corrected chi connectivity index (χ1v) is 4.96. The maximum Gasteiger partial charge on any atom is 0.347 e. The van der Waals surface area contributed by atoms with Gasteiger partial charge in [0.2, 0.25) is 0 Å². The molecular weight excluding hydrogens is 241 g/mol. The molecule has 6 heteroatoms. The predicted molar refractivity (Wildman–Crippen MR) is 49.8 cm³/mol. The van der Waals surface area contributed by atoms with Crippen LogP contribution in [0.1, 0.15) is 4.88 Å². The van der Waals surface area contributed by atoms with Gasteiger partial charge in [-0.3, -0.25) is 0 Å². The molecule has 0 aromatic carbocycles. The lowest BCUT2D eigenvalue weighted by atomic mass is 10.2. The van der Waals surface area contributed by atoms with Crippen LogP contribution in [0.15, 0.2) is 12.1 Å². The number of aliphatic hydroxyl groups excluding tert-OH is 1. The summed E-state index contributed by atoms with van der Waals surface area (Å²) in [6.07, 6.45) is -2.06. The fourth-order valence-electron chi connectivity index (χ4n) is 0.768. The fourth-order valence-corrected chi connectivity index (χ4v) is 1.97. The Balaban J connectivity index is 2.60. The molecule has 1 aromatic heterocycles. The summed E-state index contributed by atoms with van der Waals surface area (Å²) < 4.78 is 25.1. The van der Waals surface area contributed by atoms with E-state index in [1.165, 1.54) is 0 Å². The van der Waals surface area contributed by atoms with E-state index < -0.39 is 11.5 Å². The normalized spacial score (nSPS) is 14.5. The van der Waals surface area contributed by atoms with E-state index in [0.29, 0.717) is 9.21 Å². The molecule has 1 N–H and O–H groups in total. The molecule has 1 unspecified atom stereocenters. The molecular formula is C7H6Cl2F2OS. The first-order valence-electron chi connectivity index (χ1n) is 3.38. The van der Waals surface area contributed by atoms with Gasteiger partial charge < -0.3 is 5.11 Å². The van der Waals surface area contributed by atoms with E-state index in [-0.39, 0.29) is 6.42 Å². The number of rotatable bonds is 3. The molecule has 74 valence electrons. The Labute approximate surface area is 87.9 Å². The second-order valence-electron chi connectivity index (χ2n) is 2.47. The van der Waals surface area contributed by atoms with Crippen molar-refractivity contribution in [2.45, 2.75) is 17.9 Å². The van der Waals surface area contributed by atoms with Crippen LogP contribution in [0.3, 0.4) is 0 Å². The second kappa shape index (κ2) is 4.09. The molecule has 0 amide bonds. The Morgan fingerprint density at radius 3 is 2.54 bits per heavy atom. The zero-order chi connectivity index (χ0) is 10.1. The summed E-state index contributed by atoms with van der Waals surface area (Å²) in [6, 6.07) is 3.17. The van der Waals surface area contributed by atoms with Crippen molar-refractivity contribution in [1.29, 1.82) is 0 Å². The molecule has 0 aliphatic carbocycles. The highest BCUT2D eigenvalue weighted by Crippen LogP contribution is 2.29. The quantitative estimate of drug-likeness (QED) is 0.813. The van der Waals surface area contributed by atoms with Gasteiger partial charge in [-0.1, -0.05) is 11.6 Å². The Morgan fingerprint density at radius 1 is 1.54 bits per heavy atom. The summed E-state index contributed by atoms with van der Waals surface area (Å²) in [5, 5.41) is 5.34. The zero-order valence-corrected chi connectivity index (χ0v) is 8.63. The summed E-state index contributed by atoms with van der Waals surface area (Å²) in [5.41, 5.74) is 0. The van der Waals surface area contributed by atoms with Gasteiger partial charge in [0, 0.05) is 11.3 Å². The monoisotopic (exact) mass is 246 g/mol. The number of hydrogen-bond acceptors (Lipinski definition) is 2. The summed E-state index contributed by atoms with van der Waals surface area (Å²) in [4.78, 5) is 0.581. The summed E-state index contributed by atoms with van der Waals surface area (Å²) in [5.74, 6) is 0. The smallest absolute Gasteiger partial charge is 0.347 e. The van der Waals surface area contributed by atoms with Crippen LogP contribution in [0.5, 0.6) is 0 Å². The van der Waals surface area contributed by atoms with Crippen molar-refractivity contribution >= 4 is 34.5 Å². The maximum absolute atomic E-state index is 12.3. The van der Waals surface area contributed by atoms with Crippen LogP contribution in [0, 0.1) is 0 Å². The van der Waals surface area contributed by atoms with E-state index in [4.69, 9.17) is 16.7 Å². The van der Waals surface area contributed by atoms with Crippen molar-refractivity contribution in [3.63, 3.8) is 0 Å². The van der Waals surface area contributed by atoms with Gasteiger partial charge in [-0.25, -0.2) is 0 Å². The lowest BCUT2D eigenvalue weighted by Gasteiger charge is -2.14. The highest BCUT2D eigenvalue weighted by Gasteiger charge is 2.35. The number of aliphatic hydroxyl groups is 1. The standard InChI is InChI=1S/C7H6Cl2F2OS/c8-6-2-1-4(13-6)3-5(12)7(9,10)11/h1-2,5,12H,3H2. The Hall–Kier alpha value is 0.1000. The van der Waals surface area contributed by atoms with Crippen molar-refractivity contribution in [1.82, 2.24) is 0 Å². The first kappa shape index (κ1) is 11.2. The minimum absolute atomic E-state index is 0.187. The zero-order valence-electron chi connectivity index (χ0n) is 6.31.